The number of carbonyl (C=O) groups is 2. The maximum atomic E-state index is 12.6. The number of rotatable bonds is 6. The lowest BCUT2D eigenvalue weighted by molar-refractivity contribution is 0.101. The molecule has 28 heavy (non-hydrogen) atoms. The van der Waals surface area contributed by atoms with Gasteiger partial charge in [0.05, 0.1) is 11.9 Å². The Morgan fingerprint density at radius 3 is 2.29 bits per heavy atom. The Labute approximate surface area is 164 Å². The summed E-state index contributed by atoms with van der Waals surface area (Å²) in [4.78, 5) is 28.2. The molecule has 0 saturated carbocycles. The van der Waals surface area contributed by atoms with Crippen LogP contribution in [0.15, 0.2) is 60.8 Å². The molecule has 142 valence electrons. The summed E-state index contributed by atoms with van der Waals surface area (Å²) in [7, 11) is 0. The van der Waals surface area contributed by atoms with E-state index in [1.54, 1.807) is 30.5 Å². The van der Waals surface area contributed by atoms with Crippen LogP contribution in [-0.2, 0) is 6.42 Å². The van der Waals surface area contributed by atoms with E-state index in [1.165, 1.54) is 6.92 Å². The van der Waals surface area contributed by atoms with Crippen molar-refractivity contribution >= 4 is 28.8 Å². The number of hydrogen-bond acceptors (Lipinski definition) is 4. The molecule has 3 rings (SSSR count). The van der Waals surface area contributed by atoms with Gasteiger partial charge in [-0.25, -0.2) is 4.98 Å². The van der Waals surface area contributed by atoms with Crippen molar-refractivity contribution in [2.75, 3.05) is 10.6 Å². The number of aryl methyl sites for hydroxylation is 2. The molecule has 1 amide bonds. The molecule has 0 aliphatic carbocycles. The highest BCUT2D eigenvalue weighted by molar-refractivity contribution is 6.03. The van der Waals surface area contributed by atoms with Crippen LogP contribution in [0.25, 0.3) is 0 Å². The van der Waals surface area contributed by atoms with Crippen LogP contribution in [0.3, 0.4) is 0 Å². The third kappa shape index (κ3) is 4.43. The number of pyridine rings is 1. The van der Waals surface area contributed by atoms with E-state index >= 15 is 0 Å². The van der Waals surface area contributed by atoms with Crippen molar-refractivity contribution < 1.29 is 9.59 Å². The molecule has 0 aliphatic heterocycles. The SMILES string of the molecule is CCc1cccc(C)c1NC(=O)c1ccc(Nc2ccc(C(C)=O)cc2)cn1. The van der Waals surface area contributed by atoms with E-state index in [2.05, 4.69) is 22.5 Å². The lowest BCUT2D eigenvalue weighted by atomic mass is 10.1. The van der Waals surface area contributed by atoms with Crippen LogP contribution in [0, 0.1) is 6.92 Å². The number of para-hydroxylation sites is 1. The van der Waals surface area contributed by atoms with Crippen LogP contribution in [0.2, 0.25) is 0 Å². The van der Waals surface area contributed by atoms with Gasteiger partial charge in [-0.3, -0.25) is 9.59 Å². The molecule has 0 saturated heterocycles. The maximum Gasteiger partial charge on any atom is 0.274 e. The molecular weight excluding hydrogens is 350 g/mol. The molecule has 0 fully saturated rings. The second-order valence-corrected chi connectivity index (χ2v) is 6.61. The summed E-state index contributed by atoms with van der Waals surface area (Å²) < 4.78 is 0. The number of hydrogen-bond donors (Lipinski definition) is 2. The Kier molecular flexibility index (Phi) is 5.84. The first-order valence-corrected chi connectivity index (χ1v) is 9.22. The minimum absolute atomic E-state index is 0.0310. The number of aromatic nitrogens is 1. The van der Waals surface area contributed by atoms with Gasteiger partial charge in [0.15, 0.2) is 5.78 Å². The molecule has 2 aromatic carbocycles. The van der Waals surface area contributed by atoms with Crippen molar-refractivity contribution in [3.63, 3.8) is 0 Å². The van der Waals surface area contributed by atoms with E-state index in [4.69, 9.17) is 0 Å². The highest BCUT2D eigenvalue weighted by Gasteiger charge is 2.12. The third-order valence-electron chi connectivity index (χ3n) is 4.55. The summed E-state index contributed by atoms with van der Waals surface area (Å²) in [6, 6.07) is 16.7. The fourth-order valence-electron chi connectivity index (χ4n) is 2.94. The molecule has 5 heteroatoms. The number of Topliss-reactive ketones (excluding diaryl/α,β-unsaturated/α-hetero) is 1. The van der Waals surface area contributed by atoms with Gasteiger partial charge < -0.3 is 10.6 Å². The summed E-state index contributed by atoms with van der Waals surface area (Å²) in [5, 5.41) is 6.19. The average molecular weight is 373 g/mol. The second-order valence-electron chi connectivity index (χ2n) is 6.61. The summed E-state index contributed by atoms with van der Waals surface area (Å²) in [5.41, 5.74) is 5.60. The summed E-state index contributed by atoms with van der Waals surface area (Å²) >= 11 is 0. The molecule has 5 nitrogen and oxygen atoms in total. The molecule has 1 aromatic heterocycles. The zero-order valence-electron chi connectivity index (χ0n) is 16.2. The van der Waals surface area contributed by atoms with Gasteiger partial charge in [0, 0.05) is 16.9 Å². The van der Waals surface area contributed by atoms with Gasteiger partial charge >= 0.3 is 0 Å². The Balaban J connectivity index is 1.70. The summed E-state index contributed by atoms with van der Waals surface area (Å²) in [6.45, 7) is 5.58. The van der Waals surface area contributed by atoms with Gasteiger partial charge in [0.25, 0.3) is 5.91 Å². The molecule has 3 aromatic rings. The van der Waals surface area contributed by atoms with Gasteiger partial charge in [-0.1, -0.05) is 25.1 Å². The van der Waals surface area contributed by atoms with E-state index in [9.17, 15) is 9.59 Å². The van der Waals surface area contributed by atoms with E-state index in [-0.39, 0.29) is 11.7 Å². The quantitative estimate of drug-likeness (QED) is 0.586. The fourth-order valence-corrected chi connectivity index (χ4v) is 2.94. The van der Waals surface area contributed by atoms with Gasteiger partial charge in [-0.15, -0.1) is 0 Å². The van der Waals surface area contributed by atoms with Crippen molar-refractivity contribution in [1.29, 1.82) is 0 Å². The Bertz CT molecular complexity index is 993. The largest absolute Gasteiger partial charge is 0.354 e. The topological polar surface area (TPSA) is 71.1 Å². The molecule has 2 N–H and O–H groups in total. The average Bonchev–Trinajstić information content (AvgIpc) is 2.70. The molecule has 1 heterocycles. The molecule has 0 radical (unpaired) electrons. The number of carbonyl (C=O) groups excluding carboxylic acids is 2. The normalized spacial score (nSPS) is 10.4. The molecule has 0 spiro atoms. The Morgan fingerprint density at radius 2 is 1.68 bits per heavy atom. The Morgan fingerprint density at radius 1 is 0.964 bits per heavy atom. The minimum atomic E-state index is -0.235. The van der Waals surface area contributed by atoms with Gasteiger partial charge in [0.2, 0.25) is 0 Å². The van der Waals surface area contributed by atoms with Gasteiger partial charge in [0.1, 0.15) is 5.69 Å². The Hall–Kier alpha value is -3.47. The third-order valence-corrected chi connectivity index (χ3v) is 4.55. The predicted octanol–water partition coefficient (Wildman–Crippen LogP) is 5.15. The zero-order valence-corrected chi connectivity index (χ0v) is 16.2. The number of anilines is 3. The first-order valence-electron chi connectivity index (χ1n) is 9.22. The van der Waals surface area contributed by atoms with Crippen LogP contribution in [0.5, 0.6) is 0 Å². The molecule has 0 atom stereocenters. The van der Waals surface area contributed by atoms with Crippen LogP contribution in [0.1, 0.15) is 45.8 Å². The van der Waals surface area contributed by atoms with Crippen LogP contribution in [0.4, 0.5) is 17.1 Å². The van der Waals surface area contributed by atoms with Crippen molar-refractivity contribution in [3.05, 3.63) is 83.2 Å². The van der Waals surface area contributed by atoms with Crippen LogP contribution < -0.4 is 10.6 Å². The number of benzene rings is 2. The number of nitrogens with zero attached hydrogens (tertiary/aromatic N) is 1. The molecule has 0 unspecified atom stereocenters. The standard InChI is InChI=1S/C23H23N3O2/c1-4-17-7-5-6-15(2)22(17)26-23(28)21-13-12-20(14-24-21)25-19-10-8-18(9-11-19)16(3)27/h5-14,25H,4H2,1-3H3,(H,26,28). The second kappa shape index (κ2) is 8.48. The minimum Gasteiger partial charge on any atom is -0.354 e. The predicted molar refractivity (Wildman–Crippen MR) is 112 cm³/mol. The van der Waals surface area contributed by atoms with E-state index in [0.717, 1.165) is 34.6 Å². The van der Waals surface area contributed by atoms with E-state index in [1.807, 2.05) is 37.3 Å². The molecular formula is C23H23N3O2. The molecule has 0 bridgehead atoms. The highest BCUT2D eigenvalue weighted by atomic mass is 16.2. The van der Waals surface area contributed by atoms with Crippen LogP contribution >= 0.6 is 0 Å². The highest BCUT2D eigenvalue weighted by Crippen LogP contribution is 2.22. The number of nitrogens with one attached hydrogen (secondary N) is 2. The monoisotopic (exact) mass is 373 g/mol. The first kappa shape index (κ1) is 19.3. The maximum absolute atomic E-state index is 12.6. The number of amides is 1. The fraction of sp³-hybridized carbons (Fsp3) is 0.174. The summed E-state index contributed by atoms with van der Waals surface area (Å²) in [6.07, 6.45) is 2.46. The first-order chi connectivity index (χ1) is 13.5. The van der Waals surface area contributed by atoms with Crippen molar-refractivity contribution in [3.8, 4) is 0 Å². The van der Waals surface area contributed by atoms with Gasteiger partial charge in [-0.05, 0) is 67.8 Å². The number of ketones is 1. The zero-order chi connectivity index (χ0) is 20.1. The van der Waals surface area contributed by atoms with Gasteiger partial charge in [-0.2, -0.15) is 0 Å². The summed E-state index contributed by atoms with van der Waals surface area (Å²) in [5.74, 6) is -0.204. The smallest absolute Gasteiger partial charge is 0.274 e. The van der Waals surface area contributed by atoms with Crippen LogP contribution in [-0.4, -0.2) is 16.7 Å². The van der Waals surface area contributed by atoms with Crippen molar-refractivity contribution in [1.82, 2.24) is 4.98 Å². The van der Waals surface area contributed by atoms with Crippen molar-refractivity contribution in [2.24, 2.45) is 0 Å². The van der Waals surface area contributed by atoms with E-state index < -0.39 is 0 Å². The lowest BCUT2D eigenvalue weighted by Gasteiger charge is -2.13. The van der Waals surface area contributed by atoms with E-state index in [0.29, 0.717) is 11.3 Å². The molecule has 0 aliphatic rings. The van der Waals surface area contributed by atoms with Crippen molar-refractivity contribution in [2.45, 2.75) is 27.2 Å². The lowest BCUT2D eigenvalue weighted by Crippen LogP contribution is -2.15.